The maximum atomic E-state index is 13.4. The molecule has 0 aliphatic rings. The molecule has 0 spiro atoms. The number of urea groups is 1. The number of para-hydroxylation sites is 1. The summed E-state index contributed by atoms with van der Waals surface area (Å²) in [4.78, 5) is 28.2. The number of amides is 3. The van der Waals surface area contributed by atoms with Crippen molar-refractivity contribution in [3.63, 3.8) is 0 Å². The number of carbonyl (C=O) groups excluding carboxylic acids is 2. The maximum absolute atomic E-state index is 13.4. The van der Waals surface area contributed by atoms with Crippen LogP contribution < -0.4 is 15.4 Å². The summed E-state index contributed by atoms with van der Waals surface area (Å²) in [5.74, 6) is 0.802. The zero-order valence-corrected chi connectivity index (χ0v) is 23.9. The molecule has 0 atom stereocenters. The Hall–Kier alpha value is -4.30. The van der Waals surface area contributed by atoms with Gasteiger partial charge in [0.2, 0.25) is 5.91 Å². The molecule has 0 bridgehead atoms. The number of ether oxygens (including phenoxy) is 1. The van der Waals surface area contributed by atoms with Gasteiger partial charge in [-0.2, -0.15) is 5.10 Å². The van der Waals surface area contributed by atoms with Crippen LogP contribution >= 0.6 is 11.6 Å². The fourth-order valence-corrected chi connectivity index (χ4v) is 4.25. The number of halogens is 1. The average molecular weight is 560 g/mol. The van der Waals surface area contributed by atoms with Gasteiger partial charge in [-0.05, 0) is 48.4 Å². The Morgan fingerprint density at radius 1 is 0.950 bits per heavy atom. The van der Waals surface area contributed by atoms with Crippen LogP contribution in [-0.4, -0.2) is 46.8 Å². The zero-order chi connectivity index (χ0) is 28.7. The predicted molar refractivity (Wildman–Crippen MR) is 160 cm³/mol. The number of rotatable bonds is 9. The average Bonchev–Trinajstić information content (AvgIpc) is 3.36. The number of hydrogen-bond donors (Lipinski definition) is 2. The third-order valence-electron chi connectivity index (χ3n) is 6.30. The van der Waals surface area contributed by atoms with Gasteiger partial charge < -0.3 is 20.3 Å². The van der Waals surface area contributed by atoms with Crippen LogP contribution in [0.4, 0.5) is 16.3 Å². The van der Waals surface area contributed by atoms with E-state index < -0.39 is 0 Å². The minimum Gasteiger partial charge on any atom is -0.497 e. The van der Waals surface area contributed by atoms with Crippen molar-refractivity contribution in [1.82, 2.24) is 14.7 Å². The number of carbonyl (C=O) groups is 2. The van der Waals surface area contributed by atoms with E-state index in [0.29, 0.717) is 40.9 Å². The minimum atomic E-state index is -0.383. The molecule has 0 radical (unpaired) electrons. The molecule has 0 unspecified atom stereocenters. The second-order valence-corrected chi connectivity index (χ2v) is 10.8. The summed E-state index contributed by atoms with van der Waals surface area (Å²) in [6.07, 6.45) is 0.593. The Labute approximate surface area is 239 Å². The zero-order valence-electron chi connectivity index (χ0n) is 23.1. The summed E-state index contributed by atoms with van der Waals surface area (Å²) in [5.41, 5.74) is 2.85. The molecule has 0 aliphatic heterocycles. The van der Waals surface area contributed by atoms with Gasteiger partial charge in [0.05, 0.1) is 23.5 Å². The third-order valence-corrected chi connectivity index (χ3v) is 6.62. The fourth-order valence-electron chi connectivity index (χ4n) is 4.04. The number of anilines is 2. The van der Waals surface area contributed by atoms with Crippen molar-refractivity contribution in [2.75, 3.05) is 30.8 Å². The van der Waals surface area contributed by atoms with Crippen LogP contribution in [0.1, 0.15) is 32.0 Å². The van der Waals surface area contributed by atoms with Crippen LogP contribution in [0.25, 0.3) is 5.69 Å². The number of aromatic nitrogens is 2. The maximum Gasteiger partial charge on any atom is 0.322 e. The summed E-state index contributed by atoms with van der Waals surface area (Å²) in [7, 11) is 1.58. The highest BCUT2D eigenvalue weighted by Gasteiger charge is 2.24. The van der Waals surface area contributed by atoms with Crippen molar-refractivity contribution in [3.8, 4) is 11.4 Å². The Bertz CT molecular complexity index is 1450. The highest BCUT2D eigenvalue weighted by atomic mass is 35.5. The van der Waals surface area contributed by atoms with Crippen LogP contribution in [0.5, 0.6) is 5.75 Å². The number of methoxy groups -OCH3 is 1. The van der Waals surface area contributed by atoms with Gasteiger partial charge in [0, 0.05) is 23.7 Å². The standard InChI is InChI=1S/C31H34ClN5O3/c1-31(2,3)27-20-28(37(35-27)26-13-9-8-12-25(26)32)34-29(38)21-36(19-18-22-10-6-5-7-11-22)30(39)33-23-14-16-24(40-4)17-15-23/h5-17,20H,18-19,21H2,1-4H3,(H,33,39)(H,34,38). The van der Waals surface area contributed by atoms with E-state index in [1.165, 1.54) is 4.90 Å². The van der Waals surface area contributed by atoms with E-state index in [1.807, 2.05) is 75.4 Å². The summed E-state index contributed by atoms with van der Waals surface area (Å²) in [5, 5.41) is 11.1. The molecule has 2 N–H and O–H groups in total. The van der Waals surface area contributed by atoms with Crippen molar-refractivity contribution >= 4 is 35.0 Å². The third kappa shape index (κ3) is 7.42. The van der Waals surface area contributed by atoms with E-state index in [2.05, 4.69) is 10.6 Å². The van der Waals surface area contributed by atoms with E-state index in [9.17, 15) is 9.59 Å². The lowest BCUT2D eigenvalue weighted by Gasteiger charge is -2.23. The molecule has 4 rings (SSSR count). The van der Waals surface area contributed by atoms with Gasteiger partial charge in [-0.25, -0.2) is 9.48 Å². The quantitative estimate of drug-likeness (QED) is 0.243. The number of hydrogen-bond acceptors (Lipinski definition) is 4. The van der Waals surface area contributed by atoms with Gasteiger partial charge in [0.1, 0.15) is 18.1 Å². The second kappa shape index (κ2) is 12.7. The summed E-state index contributed by atoms with van der Waals surface area (Å²) >= 11 is 6.47. The smallest absolute Gasteiger partial charge is 0.322 e. The number of nitrogens with zero attached hydrogens (tertiary/aromatic N) is 3. The first-order valence-corrected chi connectivity index (χ1v) is 13.4. The molecule has 208 valence electrons. The summed E-state index contributed by atoms with van der Waals surface area (Å²) in [6.45, 7) is 6.33. The van der Waals surface area contributed by atoms with Gasteiger partial charge in [-0.15, -0.1) is 0 Å². The van der Waals surface area contributed by atoms with E-state index >= 15 is 0 Å². The molecule has 9 heteroatoms. The Morgan fingerprint density at radius 3 is 2.27 bits per heavy atom. The van der Waals surface area contributed by atoms with E-state index in [-0.39, 0.29) is 23.9 Å². The first-order valence-electron chi connectivity index (χ1n) is 13.0. The molecule has 0 saturated carbocycles. The number of benzene rings is 3. The molecule has 1 heterocycles. The molecular formula is C31H34ClN5O3. The van der Waals surface area contributed by atoms with Gasteiger partial charge >= 0.3 is 6.03 Å². The minimum absolute atomic E-state index is 0.159. The SMILES string of the molecule is COc1ccc(NC(=O)N(CCc2ccccc2)CC(=O)Nc2cc(C(C)(C)C)nn2-c2ccccc2Cl)cc1. The lowest BCUT2D eigenvalue weighted by molar-refractivity contribution is -0.116. The van der Waals surface area contributed by atoms with Crippen molar-refractivity contribution in [1.29, 1.82) is 0 Å². The molecule has 8 nitrogen and oxygen atoms in total. The summed E-state index contributed by atoms with van der Waals surface area (Å²) < 4.78 is 6.83. The van der Waals surface area contributed by atoms with Crippen LogP contribution in [-0.2, 0) is 16.6 Å². The molecule has 4 aromatic rings. The summed E-state index contributed by atoms with van der Waals surface area (Å²) in [6, 6.07) is 25.6. The largest absolute Gasteiger partial charge is 0.497 e. The van der Waals surface area contributed by atoms with Crippen molar-refractivity contribution in [3.05, 3.63) is 101 Å². The first-order chi connectivity index (χ1) is 19.1. The highest BCUT2D eigenvalue weighted by Crippen LogP contribution is 2.29. The number of nitrogens with one attached hydrogen (secondary N) is 2. The monoisotopic (exact) mass is 559 g/mol. The molecule has 1 aromatic heterocycles. The van der Waals surface area contributed by atoms with Gasteiger partial charge in [0.25, 0.3) is 0 Å². The first kappa shape index (κ1) is 28.7. The second-order valence-electron chi connectivity index (χ2n) is 10.4. The van der Waals surface area contributed by atoms with Gasteiger partial charge in [-0.3, -0.25) is 4.79 Å². The molecule has 40 heavy (non-hydrogen) atoms. The molecule has 3 aromatic carbocycles. The van der Waals surface area contributed by atoms with Crippen molar-refractivity contribution < 1.29 is 14.3 Å². The Balaban J connectivity index is 1.55. The highest BCUT2D eigenvalue weighted by molar-refractivity contribution is 6.32. The Kier molecular flexibility index (Phi) is 9.11. The molecule has 0 aliphatic carbocycles. The van der Waals surface area contributed by atoms with Crippen LogP contribution in [0, 0.1) is 0 Å². The molecule has 3 amide bonds. The van der Waals surface area contributed by atoms with Crippen molar-refractivity contribution in [2.45, 2.75) is 32.6 Å². The van der Waals surface area contributed by atoms with Gasteiger partial charge in [-0.1, -0.05) is 74.8 Å². The normalized spacial score (nSPS) is 11.1. The van der Waals surface area contributed by atoms with E-state index in [4.69, 9.17) is 21.4 Å². The lowest BCUT2D eigenvalue weighted by Crippen LogP contribution is -2.42. The van der Waals surface area contributed by atoms with Gasteiger partial charge in [0.15, 0.2) is 0 Å². The Morgan fingerprint density at radius 2 is 1.62 bits per heavy atom. The topological polar surface area (TPSA) is 88.5 Å². The lowest BCUT2D eigenvalue weighted by atomic mass is 9.92. The van der Waals surface area contributed by atoms with E-state index in [0.717, 1.165) is 11.3 Å². The molecule has 0 saturated heterocycles. The van der Waals surface area contributed by atoms with Crippen LogP contribution in [0.15, 0.2) is 84.9 Å². The molecular weight excluding hydrogens is 526 g/mol. The molecule has 0 fully saturated rings. The fraction of sp³-hybridized carbons (Fsp3) is 0.258. The van der Waals surface area contributed by atoms with Crippen molar-refractivity contribution in [2.24, 2.45) is 0 Å². The van der Waals surface area contributed by atoms with E-state index in [1.54, 1.807) is 42.1 Å². The predicted octanol–water partition coefficient (Wildman–Crippen LogP) is 6.55. The van der Waals surface area contributed by atoms with Crippen LogP contribution in [0.3, 0.4) is 0 Å². The van der Waals surface area contributed by atoms with Crippen LogP contribution in [0.2, 0.25) is 5.02 Å².